The number of hydrogen-bond donors (Lipinski definition) is 1. The number of carbonyl (C=O) groups is 1. The van der Waals surface area contributed by atoms with Crippen LogP contribution in [-0.4, -0.2) is 56.2 Å². The number of furan rings is 1. The highest BCUT2D eigenvalue weighted by Crippen LogP contribution is 2.27. The van der Waals surface area contributed by atoms with E-state index in [0.717, 1.165) is 16.5 Å². The molecule has 1 N–H and O–H groups in total. The summed E-state index contributed by atoms with van der Waals surface area (Å²) in [5, 5.41) is 3.56. The Morgan fingerprint density at radius 1 is 1.22 bits per heavy atom. The zero-order valence-electron chi connectivity index (χ0n) is 16.1. The highest BCUT2D eigenvalue weighted by molar-refractivity contribution is 7.89. The molecule has 2 unspecified atom stereocenters. The maximum Gasteiger partial charge on any atom is 0.287 e. The van der Waals surface area contributed by atoms with Crippen LogP contribution < -0.4 is 5.32 Å². The van der Waals surface area contributed by atoms with Crippen LogP contribution in [0, 0.1) is 13.8 Å². The van der Waals surface area contributed by atoms with E-state index in [9.17, 15) is 13.2 Å². The lowest BCUT2D eigenvalue weighted by atomic mass is 10.1. The molecule has 8 heteroatoms. The molecule has 1 aliphatic rings. The van der Waals surface area contributed by atoms with Crippen molar-refractivity contribution in [1.82, 2.24) is 9.62 Å². The molecule has 2 aromatic rings. The maximum absolute atomic E-state index is 12.5. The first-order valence-electron chi connectivity index (χ1n) is 9.09. The van der Waals surface area contributed by atoms with E-state index in [-0.39, 0.29) is 30.3 Å². The molecule has 1 aromatic heterocycles. The fourth-order valence-corrected chi connectivity index (χ4v) is 4.95. The van der Waals surface area contributed by atoms with Gasteiger partial charge in [-0.1, -0.05) is 18.2 Å². The zero-order chi connectivity index (χ0) is 19.8. The molecule has 2 atom stereocenters. The number of aryl methyl sites for hydroxylation is 2. The number of hydrogen-bond acceptors (Lipinski definition) is 5. The number of rotatable bonds is 5. The maximum atomic E-state index is 12.5. The van der Waals surface area contributed by atoms with Gasteiger partial charge in [-0.3, -0.25) is 4.79 Å². The Morgan fingerprint density at radius 2 is 1.89 bits per heavy atom. The second-order valence-corrected chi connectivity index (χ2v) is 9.24. The van der Waals surface area contributed by atoms with E-state index in [1.54, 1.807) is 0 Å². The number of nitrogens with one attached hydrogen (secondary N) is 1. The van der Waals surface area contributed by atoms with Gasteiger partial charge in [0, 0.05) is 30.6 Å². The Hall–Kier alpha value is -1.90. The van der Waals surface area contributed by atoms with Gasteiger partial charge in [0.25, 0.3) is 5.91 Å². The van der Waals surface area contributed by atoms with Crippen LogP contribution in [0.5, 0.6) is 0 Å². The van der Waals surface area contributed by atoms with Gasteiger partial charge >= 0.3 is 0 Å². The molecular formula is C19H26N2O5S. The summed E-state index contributed by atoms with van der Waals surface area (Å²) in [5.74, 6) is -0.330. The summed E-state index contributed by atoms with van der Waals surface area (Å²) in [6.07, 6.45) is -0.279. The third-order valence-corrected chi connectivity index (χ3v) is 6.60. The van der Waals surface area contributed by atoms with Crippen LogP contribution in [0.15, 0.2) is 22.6 Å². The molecule has 27 heavy (non-hydrogen) atoms. The molecule has 7 nitrogen and oxygen atoms in total. The number of sulfonamides is 1. The molecular weight excluding hydrogens is 368 g/mol. The molecule has 148 valence electrons. The van der Waals surface area contributed by atoms with Crippen molar-refractivity contribution in [1.29, 1.82) is 0 Å². The van der Waals surface area contributed by atoms with Crippen LogP contribution in [0.2, 0.25) is 0 Å². The molecule has 2 heterocycles. The van der Waals surface area contributed by atoms with Crippen molar-refractivity contribution in [2.75, 3.05) is 25.4 Å². The summed E-state index contributed by atoms with van der Waals surface area (Å²) in [5.41, 5.74) is 2.39. The largest absolute Gasteiger partial charge is 0.450 e. The lowest BCUT2D eigenvalue weighted by molar-refractivity contribution is -0.0440. The SMILES string of the molecule is Cc1c(C(=O)NCCS(=O)(=O)N2CC(C)OC(C)C2)oc2c(C)cccc12. The van der Waals surface area contributed by atoms with Gasteiger partial charge in [0.1, 0.15) is 5.58 Å². The van der Waals surface area contributed by atoms with E-state index in [4.69, 9.17) is 9.15 Å². The van der Waals surface area contributed by atoms with Crippen molar-refractivity contribution in [3.05, 3.63) is 35.1 Å². The predicted molar refractivity (Wildman–Crippen MR) is 103 cm³/mol. The van der Waals surface area contributed by atoms with Crippen molar-refractivity contribution < 1.29 is 22.4 Å². The van der Waals surface area contributed by atoms with Gasteiger partial charge in [0.2, 0.25) is 10.0 Å². The first-order chi connectivity index (χ1) is 12.7. The number of ether oxygens (including phenoxy) is 1. The molecule has 1 amide bonds. The molecule has 0 saturated carbocycles. The van der Waals surface area contributed by atoms with Gasteiger partial charge in [0.05, 0.1) is 18.0 Å². The number of benzene rings is 1. The highest BCUT2D eigenvalue weighted by Gasteiger charge is 2.30. The predicted octanol–water partition coefficient (Wildman–Crippen LogP) is 2.22. The molecule has 0 spiro atoms. The summed E-state index contributed by atoms with van der Waals surface area (Å²) in [7, 11) is -3.46. The second-order valence-electron chi connectivity index (χ2n) is 7.15. The van der Waals surface area contributed by atoms with E-state index in [1.807, 2.05) is 45.9 Å². The monoisotopic (exact) mass is 394 g/mol. The van der Waals surface area contributed by atoms with Gasteiger partial charge in [-0.15, -0.1) is 0 Å². The summed E-state index contributed by atoms with van der Waals surface area (Å²) < 4.78 is 37.8. The fourth-order valence-electron chi connectivity index (χ4n) is 3.46. The van der Waals surface area contributed by atoms with Gasteiger partial charge < -0.3 is 14.5 Å². The van der Waals surface area contributed by atoms with Crippen LogP contribution in [0.1, 0.15) is 35.5 Å². The third-order valence-electron chi connectivity index (χ3n) is 4.79. The Kier molecular flexibility index (Phi) is 5.60. The topological polar surface area (TPSA) is 88.9 Å². The van der Waals surface area contributed by atoms with Crippen molar-refractivity contribution in [3.8, 4) is 0 Å². The average molecular weight is 394 g/mol. The standard InChI is InChI=1S/C19H26N2O5S/c1-12-6-5-7-16-15(4)18(26-17(12)16)19(22)20-8-9-27(23,24)21-10-13(2)25-14(3)11-21/h5-7,13-14H,8-11H2,1-4H3,(H,20,22). The number of para-hydroxylation sites is 1. The first kappa shape index (κ1) is 19.9. The van der Waals surface area contributed by atoms with Gasteiger partial charge in [-0.05, 0) is 33.3 Å². The lowest BCUT2D eigenvalue weighted by Crippen LogP contribution is -2.49. The van der Waals surface area contributed by atoms with Crippen molar-refractivity contribution in [2.45, 2.75) is 39.9 Å². The quantitative estimate of drug-likeness (QED) is 0.840. The van der Waals surface area contributed by atoms with Gasteiger partial charge in [-0.25, -0.2) is 8.42 Å². The van der Waals surface area contributed by atoms with Crippen LogP contribution in [0.3, 0.4) is 0 Å². The smallest absolute Gasteiger partial charge is 0.287 e. The first-order valence-corrected chi connectivity index (χ1v) is 10.7. The number of carbonyl (C=O) groups excluding carboxylic acids is 1. The molecule has 1 saturated heterocycles. The Labute approximate surface area is 159 Å². The van der Waals surface area contributed by atoms with Crippen LogP contribution in [-0.2, 0) is 14.8 Å². The fraction of sp³-hybridized carbons (Fsp3) is 0.526. The minimum atomic E-state index is -3.46. The van der Waals surface area contributed by atoms with Crippen molar-refractivity contribution in [2.24, 2.45) is 0 Å². The number of morpholine rings is 1. The Bertz CT molecular complexity index is 940. The minimum absolute atomic E-state index is 0.0246. The summed E-state index contributed by atoms with van der Waals surface area (Å²) in [6.45, 7) is 8.15. The molecule has 0 aliphatic carbocycles. The highest BCUT2D eigenvalue weighted by atomic mass is 32.2. The molecule has 3 rings (SSSR count). The molecule has 0 radical (unpaired) electrons. The third kappa shape index (κ3) is 4.17. The van der Waals surface area contributed by atoms with Gasteiger partial charge in [-0.2, -0.15) is 4.31 Å². The van der Waals surface area contributed by atoms with E-state index in [2.05, 4.69) is 5.32 Å². The number of nitrogens with zero attached hydrogens (tertiary/aromatic N) is 1. The number of amides is 1. The Morgan fingerprint density at radius 3 is 2.52 bits per heavy atom. The van der Waals surface area contributed by atoms with Crippen molar-refractivity contribution in [3.63, 3.8) is 0 Å². The average Bonchev–Trinajstić information content (AvgIpc) is 2.92. The van der Waals surface area contributed by atoms with Crippen LogP contribution in [0.25, 0.3) is 11.0 Å². The van der Waals surface area contributed by atoms with Crippen LogP contribution in [0.4, 0.5) is 0 Å². The molecule has 1 fully saturated rings. The van der Waals surface area contributed by atoms with Crippen molar-refractivity contribution >= 4 is 26.9 Å². The van der Waals surface area contributed by atoms with Gasteiger partial charge in [0.15, 0.2) is 5.76 Å². The molecule has 1 aliphatic heterocycles. The second kappa shape index (κ2) is 7.61. The van der Waals surface area contributed by atoms with Crippen LogP contribution >= 0.6 is 0 Å². The summed E-state index contributed by atoms with van der Waals surface area (Å²) in [4.78, 5) is 12.5. The van der Waals surface area contributed by atoms with E-state index in [1.165, 1.54) is 4.31 Å². The molecule has 1 aromatic carbocycles. The number of fused-ring (bicyclic) bond motifs is 1. The zero-order valence-corrected chi connectivity index (χ0v) is 16.9. The summed E-state index contributed by atoms with van der Waals surface area (Å²) >= 11 is 0. The Balaban J connectivity index is 1.64. The minimum Gasteiger partial charge on any atom is -0.450 e. The lowest BCUT2D eigenvalue weighted by Gasteiger charge is -2.34. The van der Waals surface area contributed by atoms with E-state index < -0.39 is 15.9 Å². The summed E-state index contributed by atoms with van der Waals surface area (Å²) in [6, 6.07) is 5.74. The van der Waals surface area contributed by atoms with E-state index >= 15 is 0 Å². The molecule has 0 bridgehead atoms. The normalized spacial score (nSPS) is 21.5. The van der Waals surface area contributed by atoms with E-state index in [0.29, 0.717) is 18.7 Å².